The Morgan fingerprint density at radius 2 is 2.29 bits per heavy atom. The fourth-order valence-electron chi connectivity index (χ4n) is 2.93. The average Bonchev–Trinajstić information content (AvgIpc) is 2.45. The lowest BCUT2D eigenvalue weighted by Crippen LogP contribution is -2.43. The van der Waals surface area contributed by atoms with Gasteiger partial charge in [0.2, 0.25) is 5.91 Å². The molecule has 3 N–H and O–H groups in total. The van der Waals surface area contributed by atoms with Gasteiger partial charge in [0.1, 0.15) is 0 Å². The Balaban J connectivity index is 1.92. The minimum atomic E-state index is 0.0136. The Kier molecular flexibility index (Phi) is 5.88. The number of likely N-dealkylation sites (tertiary alicyclic amines) is 1. The first-order chi connectivity index (χ1) is 10.1. The summed E-state index contributed by atoms with van der Waals surface area (Å²) in [6, 6.07) is 5.72. The summed E-state index contributed by atoms with van der Waals surface area (Å²) in [6.45, 7) is 3.66. The number of carbonyl (C=O) groups excluding carboxylic acids is 1. The van der Waals surface area contributed by atoms with Crippen LogP contribution in [-0.2, 0) is 4.79 Å². The largest absolute Gasteiger partial charge is 0.397 e. The van der Waals surface area contributed by atoms with Crippen LogP contribution in [0.2, 0.25) is 5.02 Å². The smallest absolute Gasteiger partial charge is 0.238 e. The van der Waals surface area contributed by atoms with E-state index in [1.54, 1.807) is 18.2 Å². The number of benzene rings is 1. The molecule has 1 heterocycles. The molecule has 5 heteroatoms. The third-order valence-electron chi connectivity index (χ3n) is 4.00. The van der Waals surface area contributed by atoms with Crippen molar-refractivity contribution in [2.45, 2.75) is 45.1 Å². The zero-order valence-electron chi connectivity index (χ0n) is 12.6. The van der Waals surface area contributed by atoms with E-state index in [9.17, 15) is 4.79 Å². The van der Waals surface area contributed by atoms with Crippen LogP contribution in [0.1, 0.15) is 39.0 Å². The average molecular weight is 310 g/mol. The standard InChI is InChI=1S/C16H24ClN3O/c1-2-5-13-6-3-4-9-20(13)11-16(21)19-12-7-8-14(17)15(18)10-12/h7-8,10,13H,2-6,9,11,18H2,1H3,(H,19,21). The highest BCUT2D eigenvalue weighted by atomic mass is 35.5. The van der Waals surface area contributed by atoms with Gasteiger partial charge in [-0.15, -0.1) is 0 Å². The minimum absolute atomic E-state index is 0.0136. The second kappa shape index (κ2) is 7.66. The Morgan fingerprint density at radius 1 is 1.48 bits per heavy atom. The summed E-state index contributed by atoms with van der Waals surface area (Å²) in [5.74, 6) is 0.0136. The number of halogens is 1. The van der Waals surface area contributed by atoms with Gasteiger partial charge in [0, 0.05) is 11.7 Å². The number of anilines is 2. The van der Waals surface area contributed by atoms with E-state index in [0.717, 1.165) is 13.0 Å². The zero-order valence-corrected chi connectivity index (χ0v) is 13.3. The number of nitrogen functional groups attached to an aromatic ring is 1. The van der Waals surface area contributed by atoms with E-state index in [1.165, 1.54) is 25.7 Å². The summed E-state index contributed by atoms with van der Waals surface area (Å²) in [4.78, 5) is 14.5. The van der Waals surface area contributed by atoms with Crippen LogP contribution < -0.4 is 11.1 Å². The number of carbonyl (C=O) groups is 1. The molecule has 1 aromatic carbocycles. The normalized spacial score (nSPS) is 19.4. The van der Waals surface area contributed by atoms with E-state index in [0.29, 0.717) is 29.0 Å². The molecule has 4 nitrogen and oxygen atoms in total. The predicted octanol–water partition coefficient (Wildman–Crippen LogP) is 3.52. The molecule has 2 rings (SSSR count). The van der Waals surface area contributed by atoms with Crippen LogP contribution in [0, 0.1) is 0 Å². The Hall–Kier alpha value is -1.26. The molecule has 1 aliphatic rings. The fraction of sp³-hybridized carbons (Fsp3) is 0.562. The summed E-state index contributed by atoms with van der Waals surface area (Å²) in [7, 11) is 0. The molecule has 0 saturated carbocycles. The number of rotatable bonds is 5. The van der Waals surface area contributed by atoms with Gasteiger partial charge in [0.15, 0.2) is 0 Å². The topological polar surface area (TPSA) is 58.4 Å². The molecule has 0 aromatic heterocycles. The Bertz CT molecular complexity index is 490. The molecule has 21 heavy (non-hydrogen) atoms. The number of nitrogens with two attached hydrogens (primary N) is 1. The Labute approximate surface area is 131 Å². The predicted molar refractivity (Wildman–Crippen MR) is 88.6 cm³/mol. The molecule has 1 aliphatic heterocycles. The molecule has 0 aliphatic carbocycles. The van der Waals surface area contributed by atoms with Gasteiger partial charge in [-0.05, 0) is 44.0 Å². The number of hydrogen-bond donors (Lipinski definition) is 2. The van der Waals surface area contributed by atoms with Crippen LogP contribution in [0.4, 0.5) is 11.4 Å². The van der Waals surface area contributed by atoms with Crippen LogP contribution in [0.3, 0.4) is 0 Å². The summed E-state index contributed by atoms with van der Waals surface area (Å²) in [6.07, 6.45) is 5.99. The first kappa shape index (κ1) is 16.1. The number of nitrogens with one attached hydrogen (secondary N) is 1. The lowest BCUT2D eigenvalue weighted by Gasteiger charge is -2.35. The number of hydrogen-bond acceptors (Lipinski definition) is 3. The van der Waals surface area contributed by atoms with Crippen molar-refractivity contribution in [2.24, 2.45) is 0 Å². The van der Waals surface area contributed by atoms with Crippen molar-refractivity contribution >= 4 is 28.9 Å². The van der Waals surface area contributed by atoms with Crippen molar-refractivity contribution in [3.8, 4) is 0 Å². The highest BCUT2D eigenvalue weighted by molar-refractivity contribution is 6.33. The lowest BCUT2D eigenvalue weighted by atomic mass is 9.98. The number of piperidine rings is 1. The van der Waals surface area contributed by atoms with Crippen molar-refractivity contribution in [3.63, 3.8) is 0 Å². The van der Waals surface area contributed by atoms with Crippen LogP contribution >= 0.6 is 11.6 Å². The molecular weight excluding hydrogens is 286 g/mol. The van der Waals surface area contributed by atoms with Crippen molar-refractivity contribution in [2.75, 3.05) is 24.1 Å². The van der Waals surface area contributed by atoms with Crippen molar-refractivity contribution in [1.29, 1.82) is 0 Å². The van der Waals surface area contributed by atoms with Crippen LogP contribution in [0.25, 0.3) is 0 Å². The molecule has 1 unspecified atom stereocenters. The number of nitrogens with zero attached hydrogens (tertiary/aromatic N) is 1. The third kappa shape index (κ3) is 4.61. The van der Waals surface area contributed by atoms with E-state index >= 15 is 0 Å². The molecule has 116 valence electrons. The quantitative estimate of drug-likeness (QED) is 0.818. The molecule has 1 saturated heterocycles. The van der Waals surface area contributed by atoms with E-state index in [4.69, 9.17) is 17.3 Å². The monoisotopic (exact) mass is 309 g/mol. The number of amides is 1. The molecule has 1 atom stereocenters. The summed E-state index contributed by atoms with van der Waals surface area (Å²) in [5.41, 5.74) is 6.93. The minimum Gasteiger partial charge on any atom is -0.397 e. The zero-order chi connectivity index (χ0) is 15.2. The first-order valence-corrected chi connectivity index (χ1v) is 8.07. The molecule has 1 fully saturated rings. The summed E-state index contributed by atoms with van der Waals surface area (Å²) >= 11 is 5.88. The van der Waals surface area contributed by atoms with Crippen molar-refractivity contribution in [3.05, 3.63) is 23.2 Å². The fourth-order valence-corrected chi connectivity index (χ4v) is 3.05. The highest BCUT2D eigenvalue weighted by Gasteiger charge is 2.23. The van der Waals surface area contributed by atoms with Gasteiger partial charge in [0.05, 0.1) is 17.3 Å². The van der Waals surface area contributed by atoms with E-state index < -0.39 is 0 Å². The van der Waals surface area contributed by atoms with Crippen LogP contribution in [0.5, 0.6) is 0 Å². The van der Waals surface area contributed by atoms with E-state index in [-0.39, 0.29) is 5.91 Å². The van der Waals surface area contributed by atoms with Gasteiger partial charge in [-0.3, -0.25) is 9.69 Å². The van der Waals surface area contributed by atoms with E-state index in [1.807, 2.05) is 0 Å². The van der Waals surface area contributed by atoms with E-state index in [2.05, 4.69) is 17.1 Å². The maximum Gasteiger partial charge on any atom is 0.238 e. The van der Waals surface area contributed by atoms with Crippen molar-refractivity contribution in [1.82, 2.24) is 4.90 Å². The second-order valence-corrected chi connectivity index (χ2v) is 6.10. The van der Waals surface area contributed by atoms with Gasteiger partial charge in [0.25, 0.3) is 0 Å². The maximum absolute atomic E-state index is 12.2. The first-order valence-electron chi connectivity index (χ1n) is 7.69. The molecule has 1 amide bonds. The van der Waals surface area contributed by atoms with Gasteiger partial charge in [-0.25, -0.2) is 0 Å². The summed E-state index contributed by atoms with van der Waals surface area (Å²) in [5, 5.41) is 3.41. The SMILES string of the molecule is CCCC1CCCCN1CC(=O)Nc1ccc(Cl)c(N)c1. The van der Waals surface area contributed by atoms with Gasteiger partial charge in [-0.2, -0.15) is 0 Å². The molecule has 0 radical (unpaired) electrons. The molecule has 0 spiro atoms. The third-order valence-corrected chi connectivity index (χ3v) is 4.34. The second-order valence-electron chi connectivity index (χ2n) is 5.69. The lowest BCUT2D eigenvalue weighted by molar-refractivity contribution is -0.118. The highest BCUT2D eigenvalue weighted by Crippen LogP contribution is 2.23. The molecule has 1 aromatic rings. The molecule has 0 bridgehead atoms. The van der Waals surface area contributed by atoms with Crippen molar-refractivity contribution < 1.29 is 4.79 Å². The Morgan fingerprint density at radius 3 is 3.00 bits per heavy atom. The van der Waals surface area contributed by atoms with Gasteiger partial charge < -0.3 is 11.1 Å². The van der Waals surface area contributed by atoms with Gasteiger partial charge >= 0.3 is 0 Å². The maximum atomic E-state index is 12.2. The molecular formula is C16H24ClN3O. The van der Waals surface area contributed by atoms with Crippen LogP contribution in [0.15, 0.2) is 18.2 Å². The van der Waals surface area contributed by atoms with Crippen LogP contribution in [-0.4, -0.2) is 29.9 Å². The van der Waals surface area contributed by atoms with Gasteiger partial charge in [-0.1, -0.05) is 31.4 Å². The summed E-state index contributed by atoms with van der Waals surface area (Å²) < 4.78 is 0.